The first-order valence-corrected chi connectivity index (χ1v) is 11.8. The Bertz CT molecular complexity index is 901. The Morgan fingerprint density at radius 2 is 1.63 bits per heavy atom. The number of benzene rings is 1. The highest BCUT2D eigenvalue weighted by Gasteiger charge is 2.32. The van der Waals surface area contributed by atoms with Crippen LogP contribution in [0.15, 0.2) is 30.3 Å². The molecule has 7 N–H and O–H groups in total. The van der Waals surface area contributed by atoms with E-state index in [1.54, 1.807) is 30.3 Å². The maximum Gasteiger partial charge on any atom is 0.326 e. The van der Waals surface area contributed by atoms with Gasteiger partial charge in [0.1, 0.15) is 18.1 Å². The minimum atomic E-state index is -1.28. The molecule has 1 aromatic rings. The van der Waals surface area contributed by atoms with E-state index in [4.69, 9.17) is 5.73 Å². The lowest BCUT2D eigenvalue weighted by molar-refractivity contribution is -0.143. The van der Waals surface area contributed by atoms with Crippen LogP contribution in [0.5, 0.6) is 0 Å². The zero-order valence-corrected chi connectivity index (χ0v) is 20.1. The zero-order chi connectivity index (χ0) is 26.0. The van der Waals surface area contributed by atoms with Crippen molar-refractivity contribution in [2.24, 2.45) is 11.7 Å². The summed E-state index contributed by atoms with van der Waals surface area (Å²) in [6, 6.07) is 4.85. The average Bonchev–Trinajstić information content (AvgIpc) is 3.33. The third-order valence-electron chi connectivity index (χ3n) is 5.65. The van der Waals surface area contributed by atoms with Crippen LogP contribution in [0.4, 0.5) is 0 Å². The highest BCUT2D eigenvalue weighted by molar-refractivity contribution is 5.96. The Morgan fingerprint density at radius 3 is 2.17 bits per heavy atom. The maximum absolute atomic E-state index is 13.1. The normalized spacial score (nSPS) is 17.7. The van der Waals surface area contributed by atoms with Crippen molar-refractivity contribution >= 4 is 29.6 Å². The van der Waals surface area contributed by atoms with Gasteiger partial charge in [-0.05, 0) is 37.3 Å². The van der Waals surface area contributed by atoms with Gasteiger partial charge in [-0.3, -0.25) is 19.2 Å². The van der Waals surface area contributed by atoms with Crippen LogP contribution in [0.1, 0.15) is 45.1 Å². The summed E-state index contributed by atoms with van der Waals surface area (Å²) in [5.74, 6) is -3.84. The van der Waals surface area contributed by atoms with Crippen molar-refractivity contribution in [3.63, 3.8) is 0 Å². The van der Waals surface area contributed by atoms with Gasteiger partial charge in [-0.15, -0.1) is 0 Å². The van der Waals surface area contributed by atoms with Crippen LogP contribution in [0, 0.1) is 5.92 Å². The molecule has 35 heavy (non-hydrogen) atoms. The third-order valence-corrected chi connectivity index (χ3v) is 5.65. The van der Waals surface area contributed by atoms with Gasteiger partial charge in [0.15, 0.2) is 0 Å². The molecule has 0 radical (unpaired) electrons. The number of nitrogens with one attached hydrogen (secondary N) is 4. The largest absolute Gasteiger partial charge is 0.480 e. The number of amides is 4. The van der Waals surface area contributed by atoms with Crippen LogP contribution in [0.25, 0.3) is 0 Å². The summed E-state index contributed by atoms with van der Waals surface area (Å²) in [4.78, 5) is 61.9. The number of carboxylic acid groups (broad SMARTS) is 1. The van der Waals surface area contributed by atoms with Gasteiger partial charge >= 0.3 is 5.97 Å². The van der Waals surface area contributed by atoms with E-state index in [0.717, 1.165) is 12.0 Å². The second-order valence-electron chi connectivity index (χ2n) is 9.16. The Hall–Kier alpha value is -3.47. The second-order valence-corrected chi connectivity index (χ2v) is 9.16. The first kappa shape index (κ1) is 27.8. The zero-order valence-electron chi connectivity index (χ0n) is 20.1. The second kappa shape index (κ2) is 13.4. The molecule has 0 aliphatic carbocycles. The van der Waals surface area contributed by atoms with E-state index in [0.29, 0.717) is 13.0 Å². The summed E-state index contributed by atoms with van der Waals surface area (Å²) in [5.41, 5.74) is 6.02. The summed E-state index contributed by atoms with van der Waals surface area (Å²) in [6.45, 7) is 4.34. The van der Waals surface area contributed by atoms with Crippen LogP contribution in [0.2, 0.25) is 0 Å². The lowest BCUT2D eigenvalue weighted by atomic mass is 10.0. The number of rotatable bonds is 13. The van der Waals surface area contributed by atoms with Gasteiger partial charge in [-0.2, -0.15) is 0 Å². The van der Waals surface area contributed by atoms with Gasteiger partial charge in [0.25, 0.3) is 0 Å². The van der Waals surface area contributed by atoms with Crippen molar-refractivity contribution < 1.29 is 29.1 Å². The number of carbonyl (C=O) groups excluding carboxylic acids is 4. The average molecular weight is 490 g/mol. The molecule has 1 fully saturated rings. The highest BCUT2D eigenvalue weighted by Crippen LogP contribution is 2.09. The molecular weight excluding hydrogens is 454 g/mol. The first-order chi connectivity index (χ1) is 16.6. The molecule has 0 bridgehead atoms. The molecule has 11 nitrogen and oxygen atoms in total. The molecule has 1 saturated heterocycles. The summed E-state index contributed by atoms with van der Waals surface area (Å²) in [7, 11) is 0. The predicted molar refractivity (Wildman–Crippen MR) is 128 cm³/mol. The summed E-state index contributed by atoms with van der Waals surface area (Å²) < 4.78 is 0. The standard InChI is InChI=1S/C24H35N5O6/c1-14(2)11-19(24(34)35)29-22(32)17(12-15-7-4-3-5-8-15)27-23(33)18(13-20(25)30)28-21(31)16-9-6-10-26-16/h3-5,7-8,14,16-19,26H,6,9-13H2,1-2H3,(H2,25,30)(H,27,33)(H,28,31)(H,29,32)(H,34,35). The molecule has 4 atom stereocenters. The van der Waals surface area contributed by atoms with Crippen LogP contribution in [-0.2, 0) is 30.4 Å². The lowest BCUT2D eigenvalue weighted by Gasteiger charge is -2.25. The molecule has 4 amide bonds. The fourth-order valence-corrected chi connectivity index (χ4v) is 3.89. The van der Waals surface area contributed by atoms with Crippen molar-refractivity contribution in [2.45, 2.75) is 70.1 Å². The topological polar surface area (TPSA) is 180 Å². The number of hydrogen-bond donors (Lipinski definition) is 6. The summed E-state index contributed by atoms with van der Waals surface area (Å²) in [6.07, 6.45) is 1.25. The molecule has 0 spiro atoms. The Morgan fingerprint density at radius 1 is 1.00 bits per heavy atom. The Balaban J connectivity index is 2.20. The quantitative estimate of drug-likeness (QED) is 0.215. The molecule has 1 aromatic carbocycles. The molecule has 11 heteroatoms. The molecule has 1 aliphatic heterocycles. The summed E-state index contributed by atoms with van der Waals surface area (Å²) >= 11 is 0. The first-order valence-electron chi connectivity index (χ1n) is 11.8. The van der Waals surface area contributed by atoms with E-state index >= 15 is 0 Å². The third kappa shape index (κ3) is 9.36. The van der Waals surface area contributed by atoms with E-state index in [1.807, 2.05) is 13.8 Å². The summed E-state index contributed by atoms with van der Waals surface area (Å²) in [5, 5.41) is 20.1. The minimum Gasteiger partial charge on any atom is -0.480 e. The van der Waals surface area contributed by atoms with Gasteiger partial charge < -0.3 is 32.1 Å². The Labute approximate surface area is 204 Å². The molecule has 4 unspecified atom stereocenters. The van der Waals surface area contributed by atoms with Crippen LogP contribution >= 0.6 is 0 Å². The number of hydrogen-bond acceptors (Lipinski definition) is 6. The number of nitrogens with two attached hydrogens (primary N) is 1. The van der Waals surface area contributed by atoms with E-state index in [9.17, 15) is 29.1 Å². The monoisotopic (exact) mass is 489 g/mol. The minimum absolute atomic E-state index is 0.0120. The predicted octanol–water partition coefficient (Wildman–Crippen LogP) is -0.558. The number of carbonyl (C=O) groups is 5. The molecule has 192 valence electrons. The van der Waals surface area contributed by atoms with Gasteiger partial charge in [-0.1, -0.05) is 44.2 Å². The van der Waals surface area contributed by atoms with E-state index in [-0.39, 0.29) is 18.8 Å². The van der Waals surface area contributed by atoms with Crippen molar-refractivity contribution in [1.29, 1.82) is 0 Å². The maximum atomic E-state index is 13.1. The van der Waals surface area contributed by atoms with E-state index in [1.165, 1.54) is 0 Å². The van der Waals surface area contributed by atoms with Crippen LogP contribution in [-0.4, -0.2) is 65.4 Å². The van der Waals surface area contributed by atoms with E-state index < -0.39 is 60.2 Å². The van der Waals surface area contributed by atoms with Gasteiger partial charge in [0.2, 0.25) is 23.6 Å². The molecule has 0 aromatic heterocycles. The van der Waals surface area contributed by atoms with Crippen molar-refractivity contribution in [2.75, 3.05) is 6.54 Å². The van der Waals surface area contributed by atoms with Crippen molar-refractivity contribution in [3.8, 4) is 0 Å². The SMILES string of the molecule is CC(C)CC(NC(=O)C(Cc1ccccc1)NC(=O)C(CC(N)=O)NC(=O)C1CCCN1)C(=O)O. The van der Waals surface area contributed by atoms with Crippen LogP contribution < -0.4 is 27.0 Å². The van der Waals surface area contributed by atoms with Gasteiger partial charge in [-0.25, -0.2) is 4.79 Å². The molecule has 2 rings (SSSR count). The molecular formula is C24H35N5O6. The number of primary amides is 1. The molecule has 0 saturated carbocycles. The van der Waals surface area contributed by atoms with Crippen molar-refractivity contribution in [3.05, 3.63) is 35.9 Å². The molecule has 1 aliphatic rings. The smallest absolute Gasteiger partial charge is 0.326 e. The fourth-order valence-electron chi connectivity index (χ4n) is 3.89. The van der Waals surface area contributed by atoms with Crippen molar-refractivity contribution in [1.82, 2.24) is 21.3 Å². The van der Waals surface area contributed by atoms with Crippen LogP contribution in [0.3, 0.4) is 0 Å². The van der Waals surface area contributed by atoms with Gasteiger partial charge in [0, 0.05) is 6.42 Å². The number of carboxylic acids is 1. The fraction of sp³-hybridized carbons (Fsp3) is 0.542. The highest BCUT2D eigenvalue weighted by atomic mass is 16.4. The lowest BCUT2D eigenvalue weighted by Crippen LogP contribution is -2.58. The van der Waals surface area contributed by atoms with Gasteiger partial charge in [0.05, 0.1) is 12.5 Å². The van der Waals surface area contributed by atoms with E-state index in [2.05, 4.69) is 21.3 Å². The molecule has 1 heterocycles. The number of aliphatic carboxylic acids is 1. The Kier molecular flexibility index (Phi) is 10.7.